The van der Waals surface area contributed by atoms with Gasteiger partial charge in [-0.25, -0.2) is 0 Å². The summed E-state index contributed by atoms with van der Waals surface area (Å²) < 4.78 is 0. The molecule has 0 amide bonds. The Labute approximate surface area is 135 Å². The topological polar surface area (TPSA) is 0 Å². The average molecular weight is 352 g/mol. The molecule has 2 rings (SSSR count). The van der Waals surface area contributed by atoms with Crippen LogP contribution in [0.25, 0.3) is 0 Å². The monoisotopic (exact) mass is 350 g/mol. The maximum atomic E-state index is 6.34. The van der Waals surface area contributed by atoms with E-state index >= 15 is 0 Å². The van der Waals surface area contributed by atoms with Crippen molar-refractivity contribution < 1.29 is 0 Å². The average Bonchev–Trinajstić information content (AvgIpc) is 2.41. The first-order valence-electron chi connectivity index (χ1n) is 6.95. The van der Waals surface area contributed by atoms with Gasteiger partial charge in [0.1, 0.15) is 0 Å². The Kier molecular flexibility index (Phi) is 5.68. The van der Waals surface area contributed by atoms with Gasteiger partial charge in [0, 0.05) is 10.4 Å². The van der Waals surface area contributed by atoms with Crippen molar-refractivity contribution in [2.24, 2.45) is 5.92 Å². The number of alkyl halides is 1. The maximum absolute atomic E-state index is 6.34. The van der Waals surface area contributed by atoms with E-state index in [9.17, 15) is 0 Å². The molecule has 2 aromatic rings. The van der Waals surface area contributed by atoms with Gasteiger partial charge in [0.05, 0.1) is 0 Å². The van der Waals surface area contributed by atoms with Crippen molar-refractivity contribution in [3.05, 3.63) is 69.7 Å². The van der Waals surface area contributed by atoms with Crippen LogP contribution in [-0.4, -0.2) is 5.33 Å². The molecule has 0 saturated heterocycles. The molecule has 0 saturated carbocycles. The van der Waals surface area contributed by atoms with Gasteiger partial charge in [0.15, 0.2) is 0 Å². The summed E-state index contributed by atoms with van der Waals surface area (Å²) in [5.41, 5.74) is 5.18. The molecule has 0 fully saturated rings. The number of hydrogen-bond donors (Lipinski definition) is 0. The van der Waals surface area contributed by atoms with E-state index in [1.807, 2.05) is 0 Å². The third-order valence-corrected chi connectivity index (χ3v) is 4.81. The Balaban J connectivity index is 2.09. The predicted octanol–water partition coefficient (Wildman–Crippen LogP) is 5.75. The molecule has 0 spiro atoms. The smallest absolute Gasteiger partial charge is 0.0440 e. The number of hydrogen-bond acceptors (Lipinski definition) is 0. The third kappa shape index (κ3) is 4.36. The van der Waals surface area contributed by atoms with Gasteiger partial charge < -0.3 is 0 Å². The molecule has 0 heterocycles. The van der Waals surface area contributed by atoms with Gasteiger partial charge in [-0.1, -0.05) is 69.5 Å². The standard InChI is InChI=1S/C18H20BrCl/c1-13-4-3-5-15(8-13)10-16(12-19)11-17-7-6-14(2)9-18(17)20/h3-9,16H,10-12H2,1-2H3. The lowest BCUT2D eigenvalue weighted by Gasteiger charge is -2.16. The maximum Gasteiger partial charge on any atom is 0.0440 e. The Morgan fingerprint density at radius 2 is 1.75 bits per heavy atom. The molecule has 0 aliphatic carbocycles. The van der Waals surface area contributed by atoms with Gasteiger partial charge in [0.2, 0.25) is 0 Å². The summed E-state index contributed by atoms with van der Waals surface area (Å²) in [6.45, 7) is 4.22. The van der Waals surface area contributed by atoms with Crippen LogP contribution in [0.4, 0.5) is 0 Å². The molecule has 0 nitrogen and oxygen atoms in total. The lowest BCUT2D eigenvalue weighted by Crippen LogP contribution is -2.10. The molecule has 0 aromatic heterocycles. The van der Waals surface area contributed by atoms with Crippen LogP contribution < -0.4 is 0 Å². The first-order valence-corrected chi connectivity index (χ1v) is 8.45. The molecular formula is C18H20BrCl. The summed E-state index contributed by atoms with van der Waals surface area (Å²) in [7, 11) is 0. The van der Waals surface area contributed by atoms with Gasteiger partial charge >= 0.3 is 0 Å². The Bertz CT molecular complexity index is 577. The summed E-state index contributed by atoms with van der Waals surface area (Å²) in [5, 5.41) is 1.88. The van der Waals surface area contributed by atoms with Gasteiger partial charge in [0.25, 0.3) is 0 Å². The van der Waals surface area contributed by atoms with E-state index in [0.717, 1.165) is 23.2 Å². The largest absolute Gasteiger partial charge is 0.0925 e. The first-order chi connectivity index (χ1) is 9.58. The van der Waals surface area contributed by atoms with Crippen LogP contribution in [0, 0.1) is 19.8 Å². The van der Waals surface area contributed by atoms with Gasteiger partial charge in [-0.15, -0.1) is 0 Å². The van der Waals surface area contributed by atoms with E-state index < -0.39 is 0 Å². The fraction of sp³-hybridized carbons (Fsp3) is 0.333. The van der Waals surface area contributed by atoms with E-state index in [2.05, 4.69) is 72.2 Å². The summed E-state index contributed by atoms with van der Waals surface area (Å²) >= 11 is 9.99. The van der Waals surface area contributed by atoms with Crippen LogP contribution in [0.3, 0.4) is 0 Å². The molecule has 1 unspecified atom stereocenters. The van der Waals surface area contributed by atoms with Crippen LogP contribution in [0.15, 0.2) is 42.5 Å². The zero-order chi connectivity index (χ0) is 14.5. The van der Waals surface area contributed by atoms with E-state index in [1.54, 1.807) is 0 Å². The molecule has 106 valence electrons. The van der Waals surface area contributed by atoms with Gasteiger partial charge in [-0.3, -0.25) is 0 Å². The number of halogens is 2. The second-order valence-electron chi connectivity index (χ2n) is 5.51. The highest BCUT2D eigenvalue weighted by Crippen LogP contribution is 2.24. The van der Waals surface area contributed by atoms with Gasteiger partial charge in [-0.2, -0.15) is 0 Å². The summed E-state index contributed by atoms with van der Waals surface area (Å²) in [6, 6.07) is 15.1. The highest BCUT2D eigenvalue weighted by Gasteiger charge is 2.12. The van der Waals surface area contributed by atoms with Crippen molar-refractivity contribution in [1.82, 2.24) is 0 Å². The second-order valence-corrected chi connectivity index (χ2v) is 6.57. The summed E-state index contributed by atoms with van der Waals surface area (Å²) in [6.07, 6.45) is 2.09. The van der Waals surface area contributed by atoms with Crippen LogP contribution in [0.5, 0.6) is 0 Å². The quantitative estimate of drug-likeness (QED) is 0.601. The van der Waals surface area contributed by atoms with Gasteiger partial charge in [-0.05, 0) is 55.4 Å². The van der Waals surface area contributed by atoms with Crippen LogP contribution in [-0.2, 0) is 12.8 Å². The molecule has 2 heteroatoms. The van der Waals surface area contributed by atoms with E-state index in [4.69, 9.17) is 11.6 Å². The fourth-order valence-electron chi connectivity index (χ4n) is 2.48. The molecular weight excluding hydrogens is 332 g/mol. The second kappa shape index (κ2) is 7.28. The highest BCUT2D eigenvalue weighted by atomic mass is 79.9. The Hall–Kier alpha value is -0.790. The fourth-order valence-corrected chi connectivity index (χ4v) is 3.25. The molecule has 20 heavy (non-hydrogen) atoms. The lowest BCUT2D eigenvalue weighted by molar-refractivity contribution is 0.591. The highest BCUT2D eigenvalue weighted by molar-refractivity contribution is 9.09. The minimum Gasteiger partial charge on any atom is -0.0925 e. The minimum absolute atomic E-state index is 0.567. The molecule has 1 atom stereocenters. The van der Waals surface area contributed by atoms with Crippen molar-refractivity contribution in [2.75, 3.05) is 5.33 Å². The zero-order valence-electron chi connectivity index (χ0n) is 12.0. The molecule has 0 aliphatic heterocycles. The van der Waals surface area contributed by atoms with Crippen molar-refractivity contribution in [2.45, 2.75) is 26.7 Å². The lowest BCUT2D eigenvalue weighted by atomic mass is 9.93. The Morgan fingerprint density at radius 3 is 2.40 bits per heavy atom. The normalized spacial score (nSPS) is 12.4. The van der Waals surface area contributed by atoms with Crippen molar-refractivity contribution in [3.63, 3.8) is 0 Å². The summed E-state index contributed by atoms with van der Waals surface area (Å²) in [5.74, 6) is 0.567. The minimum atomic E-state index is 0.567. The molecule has 0 N–H and O–H groups in total. The number of benzene rings is 2. The van der Waals surface area contributed by atoms with Crippen LogP contribution in [0.1, 0.15) is 22.3 Å². The van der Waals surface area contributed by atoms with Crippen LogP contribution in [0.2, 0.25) is 5.02 Å². The van der Waals surface area contributed by atoms with Crippen molar-refractivity contribution >= 4 is 27.5 Å². The number of aryl methyl sites for hydroxylation is 2. The molecule has 0 aliphatic rings. The summed E-state index contributed by atoms with van der Waals surface area (Å²) in [4.78, 5) is 0. The zero-order valence-corrected chi connectivity index (χ0v) is 14.3. The predicted molar refractivity (Wildman–Crippen MR) is 92.1 cm³/mol. The van der Waals surface area contributed by atoms with E-state index in [1.165, 1.54) is 22.3 Å². The van der Waals surface area contributed by atoms with Crippen molar-refractivity contribution in [1.29, 1.82) is 0 Å². The molecule has 0 bridgehead atoms. The number of rotatable bonds is 5. The third-order valence-electron chi connectivity index (χ3n) is 3.54. The van der Waals surface area contributed by atoms with Crippen LogP contribution >= 0.6 is 27.5 Å². The Morgan fingerprint density at radius 1 is 1.00 bits per heavy atom. The van der Waals surface area contributed by atoms with E-state index in [0.29, 0.717) is 5.92 Å². The van der Waals surface area contributed by atoms with E-state index in [-0.39, 0.29) is 0 Å². The molecule has 2 aromatic carbocycles. The first kappa shape index (κ1) is 15.6. The molecule has 0 radical (unpaired) electrons. The SMILES string of the molecule is Cc1cccc(CC(CBr)Cc2ccc(C)cc2Cl)c1. The van der Waals surface area contributed by atoms with Crippen molar-refractivity contribution in [3.8, 4) is 0 Å².